The van der Waals surface area contributed by atoms with Gasteiger partial charge in [0.25, 0.3) is 5.56 Å². The quantitative estimate of drug-likeness (QED) is 0.876. The minimum absolute atomic E-state index is 0.222. The number of rotatable bonds is 3. The summed E-state index contributed by atoms with van der Waals surface area (Å²) < 4.78 is 15.7. The molecule has 1 aromatic heterocycles. The van der Waals surface area contributed by atoms with Crippen molar-refractivity contribution < 1.29 is 14.2 Å². The van der Waals surface area contributed by atoms with Gasteiger partial charge in [-0.2, -0.15) is 0 Å². The summed E-state index contributed by atoms with van der Waals surface area (Å²) in [6.07, 6.45) is 1.56. The van der Waals surface area contributed by atoms with Crippen LogP contribution in [0.15, 0.2) is 23.1 Å². The van der Waals surface area contributed by atoms with E-state index in [1.807, 2.05) is 0 Å². The lowest BCUT2D eigenvalue weighted by atomic mass is 10.1. The van der Waals surface area contributed by atoms with E-state index in [1.165, 1.54) is 21.3 Å². The first-order chi connectivity index (χ1) is 8.22. The number of H-pyrrole nitrogens is 1. The van der Waals surface area contributed by atoms with Crippen LogP contribution in [-0.2, 0) is 0 Å². The third kappa shape index (κ3) is 1.69. The number of methoxy groups -OCH3 is 3. The van der Waals surface area contributed by atoms with Crippen LogP contribution in [0.25, 0.3) is 10.8 Å². The largest absolute Gasteiger partial charge is 0.496 e. The maximum Gasteiger partial charge on any atom is 0.259 e. The molecule has 0 atom stereocenters. The van der Waals surface area contributed by atoms with E-state index in [2.05, 4.69) is 4.98 Å². The number of ether oxygens (including phenoxy) is 3. The molecule has 5 heteroatoms. The molecule has 0 saturated carbocycles. The molecule has 0 bridgehead atoms. The second-order valence-electron chi connectivity index (χ2n) is 3.41. The number of hydrogen-bond donors (Lipinski definition) is 1. The molecule has 0 aliphatic rings. The molecule has 0 fully saturated rings. The monoisotopic (exact) mass is 235 g/mol. The van der Waals surface area contributed by atoms with Gasteiger partial charge in [-0.3, -0.25) is 4.79 Å². The predicted octanol–water partition coefficient (Wildman–Crippen LogP) is 1.55. The molecule has 2 rings (SSSR count). The van der Waals surface area contributed by atoms with Gasteiger partial charge in [0, 0.05) is 17.6 Å². The Morgan fingerprint density at radius 1 is 1.06 bits per heavy atom. The van der Waals surface area contributed by atoms with E-state index in [4.69, 9.17) is 14.2 Å². The van der Waals surface area contributed by atoms with Gasteiger partial charge in [-0.25, -0.2) is 0 Å². The van der Waals surface area contributed by atoms with Crippen molar-refractivity contribution >= 4 is 10.8 Å². The summed E-state index contributed by atoms with van der Waals surface area (Å²) >= 11 is 0. The molecule has 1 aromatic carbocycles. The predicted molar refractivity (Wildman–Crippen MR) is 64.2 cm³/mol. The number of hydrogen-bond acceptors (Lipinski definition) is 4. The Hall–Kier alpha value is -2.17. The van der Waals surface area contributed by atoms with E-state index in [0.717, 1.165) is 0 Å². The lowest BCUT2D eigenvalue weighted by Crippen LogP contribution is -2.07. The van der Waals surface area contributed by atoms with Crippen molar-refractivity contribution in [3.8, 4) is 17.2 Å². The molecule has 90 valence electrons. The van der Waals surface area contributed by atoms with Crippen LogP contribution in [-0.4, -0.2) is 26.3 Å². The fraction of sp³-hybridized carbons (Fsp3) is 0.250. The highest BCUT2D eigenvalue weighted by Crippen LogP contribution is 2.39. The van der Waals surface area contributed by atoms with Gasteiger partial charge < -0.3 is 19.2 Å². The van der Waals surface area contributed by atoms with E-state index in [1.54, 1.807) is 18.3 Å². The zero-order valence-corrected chi connectivity index (χ0v) is 9.87. The topological polar surface area (TPSA) is 60.5 Å². The molecular weight excluding hydrogens is 222 g/mol. The molecule has 17 heavy (non-hydrogen) atoms. The Balaban J connectivity index is 2.96. The summed E-state index contributed by atoms with van der Waals surface area (Å²) in [6, 6.07) is 3.39. The van der Waals surface area contributed by atoms with Gasteiger partial charge in [0.15, 0.2) is 11.5 Å². The number of aromatic amines is 1. The van der Waals surface area contributed by atoms with Gasteiger partial charge in [0.1, 0.15) is 5.75 Å². The first-order valence-corrected chi connectivity index (χ1v) is 5.03. The molecule has 0 radical (unpaired) electrons. The molecular formula is C12H13NO4. The Kier molecular flexibility index (Phi) is 2.91. The maximum absolute atomic E-state index is 11.8. The minimum Gasteiger partial charge on any atom is -0.496 e. The SMILES string of the molecule is COc1cc(OC)c2c(=O)[nH]ccc2c1OC. The Bertz CT molecular complexity index is 603. The minimum atomic E-state index is -0.222. The smallest absolute Gasteiger partial charge is 0.259 e. The number of nitrogens with one attached hydrogen (secondary N) is 1. The van der Waals surface area contributed by atoms with E-state index >= 15 is 0 Å². The zero-order valence-electron chi connectivity index (χ0n) is 9.87. The van der Waals surface area contributed by atoms with E-state index in [9.17, 15) is 4.79 Å². The molecule has 0 amide bonds. The Labute approximate surface area is 97.9 Å². The normalized spacial score (nSPS) is 10.3. The third-order valence-corrected chi connectivity index (χ3v) is 2.58. The summed E-state index contributed by atoms with van der Waals surface area (Å²) in [7, 11) is 4.58. The van der Waals surface area contributed by atoms with Crippen molar-refractivity contribution in [2.75, 3.05) is 21.3 Å². The molecule has 2 aromatic rings. The zero-order chi connectivity index (χ0) is 12.4. The molecule has 0 saturated heterocycles. The van der Waals surface area contributed by atoms with Gasteiger partial charge in [-0.1, -0.05) is 0 Å². The average Bonchev–Trinajstić information content (AvgIpc) is 2.36. The van der Waals surface area contributed by atoms with Crippen molar-refractivity contribution in [1.82, 2.24) is 4.98 Å². The van der Waals surface area contributed by atoms with Crippen LogP contribution in [0.2, 0.25) is 0 Å². The van der Waals surface area contributed by atoms with Crippen LogP contribution in [0.3, 0.4) is 0 Å². The van der Waals surface area contributed by atoms with Crippen LogP contribution in [0.4, 0.5) is 0 Å². The summed E-state index contributed by atoms with van der Waals surface area (Å²) in [5.74, 6) is 1.51. The summed E-state index contributed by atoms with van der Waals surface area (Å²) in [6.45, 7) is 0. The first-order valence-electron chi connectivity index (χ1n) is 5.03. The highest BCUT2D eigenvalue weighted by atomic mass is 16.5. The fourth-order valence-corrected chi connectivity index (χ4v) is 1.83. The molecule has 5 nitrogen and oxygen atoms in total. The average molecular weight is 235 g/mol. The fourth-order valence-electron chi connectivity index (χ4n) is 1.83. The molecule has 1 heterocycles. The van der Waals surface area contributed by atoms with Crippen molar-refractivity contribution in [3.63, 3.8) is 0 Å². The van der Waals surface area contributed by atoms with E-state index < -0.39 is 0 Å². The van der Waals surface area contributed by atoms with Crippen LogP contribution >= 0.6 is 0 Å². The van der Waals surface area contributed by atoms with Gasteiger partial charge >= 0.3 is 0 Å². The summed E-state index contributed by atoms with van der Waals surface area (Å²) in [5.41, 5.74) is -0.222. The van der Waals surface area contributed by atoms with Crippen LogP contribution in [0, 0.1) is 0 Å². The summed E-state index contributed by atoms with van der Waals surface area (Å²) in [5, 5.41) is 1.11. The van der Waals surface area contributed by atoms with Gasteiger partial charge in [-0.15, -0.1) is 0 Å². The van der Waals surface area contributed by atoms with Crippen molar-refractivity contribution in [1.29, 1.82) is 0 Å². The molecule has 0 unspecified atom stereocenters. The van der Waals surface area contributed by atoms with E-state index in [0.29, 0.717) is 28.0 Å². The van der Waals surface area contributed by atoms with Crippen molar-refractivity contribution in [2.45, 2.75) is 0 Å². The van der Waals surface area contributed by atoms with Crippen LogP contribution < -0.4 is 19.8 Å². The van der Waals surface area contributed by atoms with Crippen LogP contribution in [0.1, 0.15) is 0 Å². The van der Waals surface area contributed by atoms with Crippen LogP contribution in [0.5, 0.6) is 17.2 Å². The van der Waals surface area contributed by atoms with Gasteiger partial charge in [0.2, 0.25) is 0 Å². The highest BCUT2D eigenvalue weighted by molar-refractivity contribution is 5.94. The standard InChI is InChI=1S/C12H13NO4/c1-15-8-6-9(16-2)11(17-3)7-4-5-13-12(14)10(7)8/h4-6H,1-3H3,(H,13,14). The highest BCUT2D eigenvalue weighted by Gasteiger charge is 2.15. The molecule has 0 spiro atoms. The lowest BCUT2D eigenvalue weighted by Gasteiger charge is -2.13. The molecule has 0 aliphatic carbocycles. The lowest BCUT2D eigenvalue weighted by molar-refractivity contribution is 0.353. The number of benzene rings is 1. The second kappa shape index (κ2) is 4.37. The number of fused-ring (bicyclic) bond motifs is 1. The first kappa shape index (κ1) is 11.3. The Morgan fingerprint density at radius 2 is 1.76 bits per heavy atom. The van der Waals surface area contributed by atoms with E-state index in [-0.39, 0.29) is 5.56 Å². The van der Waals surface area contributed by atoms with Crippen molar-refractivity contribution in [3.05, 3.63) is 28.7 Å². The summed E-state index contributed by atoms with van der Waals surface area (Å²) in [4.78, 5) is 14.4. The van der Waals surface area contributed by atoms with Gasteiger partial charge in [-0.05, 0) is 6.07 Å². The molecule has 1 N–H and O–H groups in total. The number of aromatic nitrogens is 1. The third-order valence-electron chi connectivity index (χ3n) is 2.58. The second-order valence-corrected chi connectivity index (χ2v) is 3.41. The van der Waals surface area contributed by atoms with Crippen molar-refractivity contribution in [2.24, 2.45) is 0 Å². The maximum atomic E-state index is 11.8. The molecule has 0 aliphatic heterocycles. The van der Waals surface area contributed by atoms with Gasteiger partial charge in [0.05, 0.1) is 26.7 Å². The number of pyridine rings is 1. The Morgan fingerprint density at radius 3 is 2.35 bits per heavy atom.